The number of carbonyl (C=O) groups excluding carboxylic acids is 1. The predicted molar refractivity (Wildman–Crippen MR) is 127 cm³/mol. The minimum atomic E-state index is -0.186. The van der Waals surface area contributed by atoms with E-state index in [-0.39, 0.29) is 6.03 Å². The van der Waals surface area contributed by atoms with Gasteiger partial charge in [0.25, 0.3) is 0 Å². The molecule has 0 aliphatic rings. The summed E-state index contributed by atoms with van der Waals surface area (Å²) in [5.41, 5.74) is 3.72. The Labute approximate surface area is 182 Å². The molecular weight excluding hydrogens is 394 g/mol. The van der Waals surface area contributed by atoms with Crippen LogP contribution in [-0.2, 0) is 6.54 Å². The van der Waals surface area contributed by atoms with E-state index in [0.717, 1.165) is 33.3 Å². The summed E-state index contributed by atoms with van der Waals surface area (Å²) in [6.45, 7) is 0.453. The van der Waals surface area contributed by atoms with Crippen LogP contribution >= 0.6 is 11.8 Å². The zero-order chi connectivity index (χ0) is 21.5. The van der Waals surface area contributed by atoms with Crippen molar-refractivity contribution in [3.8, 4) is 5.75 Å². The first-order valence-corrected chi connectivity index (χ1v) is 10.9. The third-order valence-electron chi connectivity index (χ3n) is 4.76. The maximum atomic E-state index is 13.2. The Kier molecular flexibility index (Phi) is 7.25. The van der Waals surface area contributed by atoms with Crippen molar-refractivity contribution in [1.82, 2.24) is 0 Å². The maximum absolute atomic E-state index is 13.2. The van der Waals surface area contributed by atoms with Crippen LogP contribution in [0.15, 0.2) is 77.7 Å². The molecule has 5 nitrogen and oxygen atoms in total. The number of nitrogens with zero attached hydrogens (tertiary/aromatic N) is 2. The Bertz CT molecular complexity index is 955. The Hall–Kier alpha value is -3.12. The van der Waals surface area contributed by atoms with Gasteiger partial charge in [-0.1, -0.05) is 12.1 Å². The van der Waals surface area contributed by atoms with Crippen LogP contribution in [0.3, 0.4) is 0 Å². The normalized spacial score (nSPS) is 10.4. The second kappa shape index (κ2) is 10.1. The zero-order valence-electron chi connectivity index (χ0n) is 17.8. The van der Waals surface area contributed by atoms with Gasteiger partial charge in [0.1, 0.15) is 5.75 Å². The fourth-order valence-corrected chi connectivity index (χ4v) is 3.40. The summed E-state index contributed by atoms with van der Waals surface area (Å²) in [6, 6.07) is 23.4. The average molecular weight is 422 g/mol. The fourth-order valence-electron chi connectivity index (χ4n) is 2.99. The molecule has 1 N–H and O–H groups in total. The van der Waals surface area contributed by atoms with Gasteiger partial charge >= 0.3 is 6.03 Å². The van der Waals surface area contributed by atoms with Gasteiger partial charge in [-0.2, -0.15) is 0 Å². The Morgan fingerprint density at radius 2 is 1.50 bits per heavy atom. The summed E-state index contributed by atoms with van der Waals surface area (Å²) in [6.07, 6.45) is 2.03. The number of ether oxygens (including phenoxy) is 1. The molecule has 3 rings (SSSR count). The molecule has 0 bridgehead atoms. The third-order valence-corrected chi connectivity index (χ3v) is 5.51. The molecule has 0 aliphatic heterocycles. The number of anilines is 3. The molecule has 0 radical (unpaired) electrons. The smallest absolute Gasteiger partial charge is 0.326 e. The number of hydrogen-bond donors (Lipinski definition) is 1. The monoisotopic (exact) mass is 421 g/mol. The van der Waals surface area contributed by atoms with Crippen molar-refractivity contribution in [3.63, 3.8) is 0 Å². The molecule has 2 amide bonds. The summed E-state index contributed by atoms with van der Waals surface area (Å²) in [7, 11) is 5.65. The number of methoxy groups -OCH3 is 1. The van der Waals surface area contributed by atoms with Crippen molar-refractivity contribution in [2.75, 3.05) is 42.6 Å². The van der Waals surface area contributed by atoms with Crippen molar-refractivity contribution in [2.45, 2.75) is 11.4 Å². The molecule has 3 aromatic carbocycles. The van der Waals surface area contributed by atoms with Crippen LogP contribution in [0.1, 0.15) is 5.56 Å². The van der Waals surface area contributed by atoms with Gasteiger partial charge in [-0.25, -0.2) is 4.79 Å². The van der Waals surface area contributed by atoms with Gasteiger partial charge < -0.3 is 15.0 Å². The van der Waals surface area contributed by atoms with E-state index in [1.54, 1.807) is 23.8 Å². The SMILES string of the molecule is COc1ccc(N(Cc2ccc(N(C)C)cc2)C(=O)Nc2ccc(SC)cc2)cc1. The second-order valence-electron chi connectivity index (χ2n) is 7.00. The molecule has 0 saturated heterocycles. The van der Waals surface area contributed by atoms with Crippen LogP contribution in [0.5, 0.6) is 5.75 Å². The number of nitrogens with one attached hydrogen (secondary N) is 1. The molecule has 0 spiro atoms. The second-order valence-corrected chi connectivity index (χ2v) is 7.88. The highest BCUT2D eigenvalue weighted by Crippen LogP contribution is 2.24. The van der Waals surface area contributed by atoms with E-state index >= 15 is 0 Å². The van der Waals surface area contributed by atoms with Gasteiger partial charge in [0.2, 0.25) is 0 Å². The maximum Gasteiger partial charge on any atom is 0.326 e. The molecule has 156 valence electrons. The molecule has 0 aromatic heterocycles. The van der Waals surface area contributed by atoms with E-state index in [0.29, 0.717) is 6.54 Å². The van der Waals surface area contributed by atoms with Crippen LogP contribution < -0.4 is 19.9 Å². The summed E-state index contributed by atoms with van der Waals surface area (Å²) < 4.78 is 5.26. The third kappa shape index (κ3) is 5.48. The highest BCUT2D eigenvalue weighted by atomic mass is 32.2. The van der Waals surface area contributed by atoms with Crippen molar-refractivity contribution < 1.29 is 9.53 Å². The van der Waals surface area contributed by atoms with E-state index in [1.807, 2.05) is 81.0 Å². The molecule has 0 fully saturated rings. The van der Waals surface area contributed by atoms with Gasteiger partial charge in [-0.05, 0) is 72.5 Å². The standard InChI is InChI=1S/C24H27N3O2S/c1-26(2)20-9-5-18(6-10-20)17-27(21-11-13-22(29-3)14-12-21)24(28)25-19-7-15-23(30-4)16-8-19/h5-16H,17H2,1-4H3,(H,25,28). The van der Waals surface area contributed by atoms with Crippen LogP contribution in [0.25, 0.3) is 0 Å². The molecule has 0 unspecified atom stereocenters. The molecule has 0 heterocycles. The first kappa shape index (κ1) is 21.6. The van der Waals surface area contributed by atoms with Gasteiger partial charge in [-0.3, -0.25) is 4.90 Å². The predicted octanol–water partition coefficient (Wildman–Crippen LogP) is 5.72. The number of amides is 2. The van der Waals surface area contributed by atoms with Crippen molar-refractivity contribution in [3.05, 3.63) is 78.4 Å². The highest BCUT2D eigenvalue weighted by molar-refractivity contribution is 7.98. The largest absolute Gasteiger partial charge is 0.497 e. The van der Waals surface area contributed by atoms with Crippen LogP contribution in [0.4, 0.5) is 21.9 Å². The number of rotatable bonds is 7. The number of carbonyl (C=O) groups is 1. The molecular formula is C24H27N3O2S. The fraction of sp³-hybridized carbons (Fsp3) is 0.208. The molecule has 0 saturated carbocycles. The first-order chi connectivity index (χ1) is 14.5. The first-order valence-electron chi connectivity index (χ1n) is 9.63. The number of hydrogen-bond acceptors (Lipinski definition) is 4. The van der Waals surface area contributed by atoms with E-state index in [9.17, 15) is 4.79 Å². The average Bonchev–Trinajstić information content (AvgIpc) is 2.78. The minimum Gasteiger partial charge on any atom is -0.497 e. The summed E-state index contributed by atoms with van der Waals surface area (Å²) in [5, 5.41) is 3.01. The van der Waals surface area contributed by atoms with Crippen LogP contribution in [0.2, 0.25) is 0 Å². The van der Waals surface area contributed by atoms with E-state index in [2.05, 4.69) is 22.3 Å². The highest BCUT2D eigenvalue weighted by Gasteiger charge is 2.17. The van der Waals surface area contributed by atoms with Gasteiger partial charge in [0.05, 0.1) is 13.7 Å². The van der Waals surface area contributed by atoms with Crippen molar-refractivity contribution in [1.29, 1.82) is 0 Å². The topological polar surface area (TPSA) is 44.8 Å². The quantitative estimate of drug-likeness (QED) is 0.496. The van der Waals surface area contributed by atoms with Crippen molar-refractivity contribution >= 4 is 34.9 Å². The lowest BCUT2D eigenvalue weighted by Crippen LogP contribution is -2.34. The Morgan fingerprint density at radius 3 is 2.03 bits per heavy atom. The summed E-state index contributed by atoms with van der Waals surface area (Å²) in [5.74, 6) is 0.752. The molecule has 3 aromatic rings. The lowest BCUT2D eigenvalue weighted by Gasteiger charge is -2.24. The lowest BCUT2D eigenvalue weighted by molar-refractivity contribution is 0.256. The van der Waals surface area contributed by atoms with Gasteiger partial charge in [0, 0.05) is 36.1 Å². The molecule has 0 atom stereocenters. The Morgan fingerprint density at radius 1 is 0.900 bits per heavy atom. The minimum absolute atomic E-state index is 0.186. The summed E-state index contributed by atoms with van der Waals surface area (Å²) >= 11 is 1.67. The number of urea groups is 1. The van der Waals surface area contributed by atoms with Crippen LogP contribution in [-0.4, -0.2) is 33.5 Å². The van der Waals surface area contributed by atoms with Crippen LogP contribution in [0, 0.1) is 0 Å². The number of benzene rings is 3. The van der Waals surface area contributed by atoms with E-state index in [4.69, 9.17) is 4.74 Å². The summed E-state index contributed by atoms with van der Waals surface area (Å²) in [4.78, 5) is 18.1. The van der Waals surface area contributed by atoms with Gasteiger partial charge in [-0.15, -0.1) is 11.8 Å². The van der Waals surface area contributed by atoms with E-state index in [1.165, 1.54) is 0 Å². The molecule has 30 heavy (non-hydrogen) atoms. The Balaban J connectivity index is 1.84. The number of thioether (sulfide) groups is 1. The molecule has 6 heteroatoms. The molecule has 0 aliphatic carbocycles. The zero-order valence-corrected chi connectivity index (χ0v) is 18.6. The van der Waals surface area contributed by atoms with Crippen molar-refractivity contribution in [2.24, 2.45) is 0 Å². The van der Waals surface area contributed by atoms with Gasteiger partial charge in [0.15, 0.2) is 0 Å². The lowest BCUT2D eigenvalue weighted by atomic mass is 10.1. The van der Waals surface area contributed by atoms with E-state index < -0.39 is 0 Å².